The lowest BCUT2D eigenvalue weighted by Crippen LogP contribution is -2.26. The number of aliphatic hydroxyl groups excluding tert-OH is 1. The fourth-order valence-corrected chi connectivity index (χ4v) is 3.47. The molecule has 142 valence electrons. The Morgan fingerprint density at radius 2 is 1.39 bits per heavy atom. The number of hydrogen-bond donors (Lipinski definition) is 2. The van der Waals surface area contributed by atoms with Crippen molar-refractivity contribution in [3.8, 4) is 0 Å². The van der Waals surface area contributed by atoms with E-state index in [0.717, 1.165) is 18.9 Å². The van der Waals surface area contributed by atoms with Gasteiger partial charge in [-0.25, -0.2) is 0 Å². The zero-order chi connectivity index (χ0) is 16.6. The topological polar surface area (TPSA) is 32.3 Å². The molecule has 0 radical (unpaired) electrons. The van der Waals surface area contributed by atoms with Gasteiger partial charge in [0.15, 0.2) is 0 Å². The van der Waals surface area contributed by atoms with Crippen molar-refractivity contribution in [3.05, 3.63) is 0 Å². The SMILES string of the molecule is Br.CCC(CC)CCCCCCCCC(Br)CCNCC(C)O. The average Bonchev–Trinajstić information content (AvgIpc) is 2.50. The highest BCUT2D eigenvalue weighted by Crippen LogP contribution is 2.19. The number of halogens is 2. The first-order chi connectivity index (χ1) is 10.6. The number of nitrogens with one attached hydrogen (secondary N) is 1. The summed E-state index contributed by atoms with van der Waals surface area (Å²) in [6, 6.07) is 0. The van der Waals surface area contributed by atoms with E-state index in [-0.39, 0.29) is 23.1 Å². The van der Waals surface area contributed by atoms with Crippen LogP contribution in [0.3, 0.4) is 0 Å². The largest absolute Gasteiger partial charge is 0.392 e. The lowest BCUT2D eigenvalue weighted by Gasteiger charge is -2.12. The summed E-state index contributed by atoms with van der Waals surface area (Å²) in [4.78, 5) is 0.629. The minimum absolute atomic E-state index is 0. The second-order valence-corrected chi connectivity index (χ2v) is 8.12. The summed E-state index contributed by atoms with van der Waals surface area (Å²) in [5, 5.41) is 12.4. The molecule has 2 N–H and O–H groups in total. The number of rotatable bonds is 16. The van der Waals surface area contributed by atoms with Crippen molar-refractivity contribution in [2.75, 3.05) is 13.1 Å². The molecule has 0 aliphatic heterocycles. The third kappa shape index (κ3) is 19.1. The van der Waals surface area contributed by atoms with Crippen molar-refractivity contribution >= 4 is 32.9 Å². The van der Waals surface area contributed by atoms with Crippen molar-refractivity contribution in [2.24, 2.45) is 5.92 Å². The van der Waals surface area contributed by atoms with Gasteiger partial charge in [0.25, 0.3) is 0 Å². The van der Waals surface area contributed by atoms with E-state index < -0.39 is 0 Å². The van der Waals surface area contributed by atoms with E-state index in [0.29, 0.717) is 11.4 Å². The van der Waals surface area contributed by atoms with E-state index in [1.807, 2.05) is 6.92 Å². The maximum absolute atomic E-state index is 9.16. The van der Waals surface area contributed by atoms with Crippen molar-refractivity contribution in [2.45, 2.75) is 102 Å². The minimum atomic E-state index is -0.237. The van der Waals surface area contributed by atoms with Crippen LogP contribution in [0.2, 0.25) is 0 Å². The molecule has 2 unspecified atom stereocenters. The molecule has 0 spiro atoms. The molecule has 4 heteroatoms. The maximum atomic E-state index is 9.16. The predicted octanol–water partition coefficient (Wildman–Crippen LogP) is 6.25. The molecule has 0 aromatic carbocycles. The van der Waals surface area contributed by atoms with E-state index in [1.54, 1.807) is 0 Å². The second-order valence-electron chi connectivity index (χ2n) is 6.82. The van der Waals surface area contributed by atoms with Gasteiger partial charge in [-0.05, 0) is 32.2 Å². The standard InChI is InChI=1S/C19H40BrNO.BrH/c1-4-18(5-2)12-10-8-6-7-9-11-13-19(20)14-15-21-16-17(3)22;/h17-19,21-22H,4-16H2,1-3H3;1H. The number of aliphatic hydroxyl groups is 1. The van der Waals surface area contributed by atoms with Gasteiger partial charge in [0.1, 0.15) is 0 Å². The molecule has 0 saturated heterocycles. The molecule has 0 heterocycles. The highest BCUT2D eigenvalue weighted by molar-refractivity contribution is 9.09. The van der Waals surface area contributed by atoms with Crippen molar-refractivity contribution in [1.29, 1.82) is 0 Å². The van der Waals surface area contributed by atoms with E-state index in [9.17, 15) is 0 Å². The first kappa shape index (κ1) is 26.1. The molecule has 0 aliphatic rings. The number of hydrogen-bond acceptors (Lipinski definition) is 2. The van der Waals surface area contributed by atoms with Crippen LogP contribution in [0.15, 0.2) is 0 Å². The molecule has 0 aliphatic carbocycles. The average molecular weight is 459 g/mol. The third-order valence-electron chi connectivity index (χ3n) is 4.61. The van der Waals surface area contributed by atoms with Crippen molar-refractivity contribution < 1.29 is 5.11 Å². The van der Waals surface area contributed by atoms with Crippen molar-refractivity contribution in [3.63, 3.8) is 0 Å². The van der Waals surface area contributed by atoms with E-state index in [4.69, 9.17) is 5.11 Å². The lowest BCUT2D eigenvalue weighted by atomic mass is 9.95. The van der Waals surface area contributed by atoms with E-state index in [2.05, 4.69) is 35.1 Å². The Hall–Kier alpha value is 0.880. The lowest BCUT2D eigenvalue weighted by molar-refractivity contribution is 0.191. The van der Waals surface area contributed by atoms with Crippen LogP contribution in [0.25, 0.3) is 0 Å². The highest BCUT2D eigenvalue weighted by Gasteiger charge is 2.05. The summed E-state index contributed by atoms with van der Waals surface area (Å²) in [5.74, 6) is 0.969. The van der Waals surface area contributed by atoms with Gasteiger partial charge in [0.2, 0.25) is 0 Å². The van der Waals surface area contributed by atoms with Crippen LogP contribution in [-0.4, -0.2) is 29.1 Å². The second kappa shape index (κ2) is 19.2. The molecule has 2 atom stereocenters. The molecule has 0 aromatic heterocycles. The van der Waals surface area contributed by atoms with Crippen LogP contribution in [-0.2, 0) is 0 Å². The summed E-state index contributed by atoms with van der Waals surface area (Å²) in [7, 11) is 0. The van der Waals surface area contributed by atoms with Crippen LogP contribution in [0.5, 0.6) is 0 Å². The number of alkyl halides is 1. The van der Waals surface area contributed by atoms with Crippen LogP contribution in [0.4, 0.5) is 0 Å². The quantitative estimate of drug-likeness (QED) is 0.211. The smallest absolute Gasteiger partial charge is 0.0636 e. The fourth-order valence-electron chi connectivity index (χ4n) is 2.92. The minimum Gasteiger partial charge on any atom is -0.392 e. The summed E-state index contributed by atoms with van der Waals surface area (Å²) in [6.45, 7) is 8.17. The van der Waals surface area contributed by atoms with E-state index >= 15 is 0 Å². The maximum Gasteiger partial charge on any atom is 0.0636 e. The number of unbranched alkanes of at least 4 members (excludes halogenated alkanes) is 5. The zero-order valence-electron chi connectivity index (χ0n) is 15.7. The third-order valence-corrected chi connectivity index (χ3v) is 5.52. The van der Waals surface area contributed by atoms with Crippen molar-refractivity contribution in [1.82, 2.24) is 5.32 Å². The molecular formula is C19H41Br2NO. The zero-order valence-corrected chi connectivity index (χ0v) is 19.0. The van der Waals surface area contributed by atoms with Gasteiger partial charge < -0.3 is 10.4 Å². The Kier molecular flexibility index (Phi) is 21.8. The molecule has 0 bridgehead atoms. The molecule has 0 rings (SSSR count). The molecular weight excluding hydrogens is 418 g/mol. The summed E-state index contributed by atoms with van der Waals surface area (Å²) >= 11 is 3.77. The van der Waals surface area contributed by atoms with Gasteiger partial charge >= 0.3 is 0 Å². The Labute approximate surface area is 164 Å². The Bertz CT molecular complexity index is 223. The van der Waals surface area contributed by atoms with Gasteiger partial charge in [-0.3, -0.25) is 0 Å². The molecule has 23 heavy (non-hydrogen) atoms. The van der Waals surface area contributed by atoms with Gasteiger partial charge in [0.05, 0.1) is 6.10 Å². The fraction of sp³-hybridized carbons (Fsp3) is 1.00. The summed E-state index contributed by atoms with van der Waals surface area (Å²) < 4.78 is 0. The molecule has 0 amide bonds. The van der Waals surface area contributed by atoms with Gasteiger partial charge in [-0.1, -0.05) is 87.6 Å². The van der Waals surface area contributed by atoms with E-state index in [1.165, 1.54) is 64.2 Å². The summed E-state index contributed by atoms with van der Waals surface area (Å²) in [6.07, 6.45) is 14.8. The molecule has 2 nitrogen and oxygen atoms in total. The first-order valence-electron chi connectivity index (χ1n) is 9.62. The van der Waals surface area contributed by atoms with Crippen LogP contribution in [0.1, 0.15) is 91.4 Å². The van der Waals surface area contributed by atoms with Crippen LogP contribution < -0.4 is 5.32 Å². The van der Waals surface area contributed by atoms with Crippen LogP contribution in [0, 0.1) is 5.92 Å². The Morgan fingerprint density at radius 1 is 0.870 bits per heavy atom. The molecule has 0 aromatic rings. The Balaban J connectivity index is 0. The van der Waals surface area contributed by atoms with Gasteiger partial charge in [-0.15, -0.1) is 17.0 Å². The molecule has 0 fully saturated rings. The van der Waals surface area contributed by atoms with Gasteiger partial charge in [0, 0.05) is 11.4 Å². The van der Waals surface area contributed by atoms with Gasteiger partial charge in [-0.2, -0.15) is 0 Å². The predicted molar refractivity (Wildman–Crippen MR) is 113 cm³/mol. The highest BCUT2D eigenvalue weighted by atomic mass is 79.9. The normalized spacial score (nSPS) is 13.8. The van der Waals surface area contributed by atoms with Crippen LogP contribution >= 0.6 is 32.9 Å². The monoisotopic (exact) mass is 457 g/mol. The summed E-state index contributed by atoms with van der Waals surface area (Å²) in [5.41, 5.74) is 0. The molecule has 0 saturated carbocycles. The first-order valence-corrected chi connectivity index (χ1v) is 10.5. The Morgan fingerprint density at radius 3 is 1.91 bits per heavy atom.